The second kappa shape index (κ2) is 19.4. The van der Waals surface area contributed by atoms with Crippen LogP contribution in [0.15, 0.2) is 23.8 Å². The zero-order valence-electron chi connectivity index (χ0n) is 32.3. The number of carbonyl (C=O) groups is 1. The maximum Gasteiger partial charge on any atom is 0.306 e. The van der Waals surface area contributed by atoms with E-state index in [9.17, 15) is 4.79 Å². The number of ether oxygens (including phenoxy) is 1. The van der Waals surface area contributed by atoms with Crippen molar-refractivity contribution in [3.63, 3.8) is 0 Å². The Morgan fingerprint density at radius 2 is 1.49 bits per heavy atom. The van der Waals surface area contributed by atoms with Crippen molar-refractivity contribution in [3.8, 4) is 0 Å². The van der Waals surface area contributed by atoms with Crippen molar-refractivity contribution >= 4 is 5.97 Å². The Bertz CT molecular complexity index is 976. The molecule has 270 valence electrons. The molecule has 2 heteroatoms. The van der Waals surface area contributed by atoms with E-state index in [1.807, 2.05) is 0 Å². The third kappa shape index (κ3) is 10.7. The van der Waals surface area contributed by atoms with Gasteiger partial charge in [-0.1, -0.05) is 136 Å². The van der Waals surface area contributed by atoms with Gasteiger partial charge in [-0.2, -0.15) is 0 Å². The topological polar surface area (TPSA) is 26.3 Å². The highest BCUT2D eigenvalue weighted by Gasteiger charge is 2.59. The van der Waals surface area contributed by atoms with Gasteiger partial charge in [0.15, 0.2) is 0 Å². The summed E-state index contributed by atoms with van der Waals surface area (Å²) in [6.45, 7) is 14.9. The number of hydrogen-bond donors (Lipinski definition) is 0. The Balaban J connectivity index is 1.12. The summed E-state index contributed by atoms with van der Waals surface area (Å²) in [4.78, 5) is 12.8. The SMILES string of the molecule is CCCCCCCC/C=C\CCCCCCCC(=O)OC1CC[C@@]2(C)C(=CC[C@H]3[C@@H]4CC[C@H]([C@H](C)CCCC(C)C)[C@@]4(C)CC[C@@H]32)C1. The van der Waals surface area contributed by atoms with Crippen LogP contribution in [-0.4, -0.2) is 12.1 Å². The summed E-state index contributed by atoms with van der Waals surface area (Å²) >= 11 is 0. The molecule has 0 heterocycles. The lowest BCUT2D eigenvalue weighted by Gasteiger charge is -2.58. The maximum atomic E-state index is 12.8. The average molecular weight is 651 g/mol. The lowest BCUT2D eigenvalue weighted by atomic mass is 9.47. The minimum Gasteiger partial charge on any atom is -0.462 e. The Morgan fingerprint density at radius 1 is 0.809 bits per heavy atom. The van der Waals surface area contributed by atoms with Crippen molar-refractivity contribution in [2.45, 2.75) is 208 Å². The minimum absolute atomic E-state index is 0.0541. The van der Waals surface area contributed by atoms with Crippen LogP contribution >= 0.6 is 0 Å². The van der Waals surface area contributed by atoms with Gasteiger partial charge in [-0.25, -0.2) is 0 Å². The van der Waals surface area contributed by atoms with Crippen LogP contribution in [0.1, 0.15) is 202 Å². The van der Waals surface area contributed by atoms with Crippen LogP contribution in [0.3, 0.4) is 0 Å². The van der Waals surface area contributed by atoms with E-state index in [0.29, 0.717) is 17.3 Å². The second-order valence-electron chi connectivity index (χ2n) is 18.0. The van der Waals surface area contributed by atoms with Crippen molar-refractivity contribution in [1.29, 1.82) is 0 Å². The molecular weight excluding hydrogens is 572 g/mol. The fourth-order valence-corrected chi connectivity index (χ4v) is 11.3. The summed E-state index contributed by atoms with van der Waals surface area (Å²) < 4.78 is 6.12. The van der Waals surface area contributed by atoms with Crippen molar-refractivity contribution in [3.05, 3.63) is 23.8 Å². The van der Waals surface area contributed by atoms with Crippen LogP contribution in [0, 0.1) is 46.3 Å². The van der Waals surface area contributed by atoms with E-state index < -0.39 is 0 Å². The molecule has 47 heavy (non-hydrogen) atoms. The van der Waals surface area contributed by atoms with Gasteiger partial charge in [0.1, 0.15) is 6.10 Å². The predicted octanol–water partition coefficient (Wildman–Crippen LogP) is 14.0. The van der Waals surface area contributed by atoms with Crippen LogP contribution in [0.2, 0.25) is 0 Å². The summed E-state index contributed by atoms with van der Waals surface area (Å²) in [6.07, 6.45) is 39.5. The number of hydrogen-bond acceptors (Lipinski definition) is 2. The van der Waals surface area contributed by atoms with Gasteiger partial charge in [0, 0.05) is 12.8 Å². The molecule has 0 aliphatic heterocycles. The standard InChI is InChI=1S/C45H78O2/c1-7-8-9-10-11-12-13-14-15-16-17-18-19-20-21-25-43(46)47-38-30-32-44(5)37(34-38)26-27-39-41-29-28-40(36(4)24-22-23-35(2)3)45(41,6)33-31-42(39)44/h14-15,26,35-36,38-42H,7-13,16-25,27-34H2,1-6H3/b15-14-/t36-,38?,39+,40-,41+,42+,44+,45-/m1/s1. The van der Waals surface area contributed by atoms with Crippen LogP contribution in [0.4, 0.5) is 0 Å². The Kier molecular flexibility index (Phi) is 16.0. The van der Waals surface area contributed by atoms with Crippen LogP contribution in [0.25, 0.3) is 0 Å². The van der Waals surface area contributed by atoms with Gasteiger partial charge < -0.3 is 4.74 Å². The lowest BCUT2D eigenvalue weighted by molar-refractivity contribution is -0.151. The number of esters is 1. The molecule has 3 fully saturated rings. The minimum atomic E-state index is 0.0541. The van der Waals surface area contributed by atoms with Gasteiger partial charge in [-0.3, -0.25) is 4.79 Å². The van der Waals surface area contributed by atoms with Gasteiger partial charge >= 0.3 is 5.97 Å². The largest absolute Gasteiger partial charge is 0.462 e. The summed E-state index contributed by atoms with van der Waals surface area (Å²) in [7, 11) is 0. The van der Waals surface area contributed by atoms with Crippen molar-refractivity contribution in [2.75, 3.05) is 0 Å². The zero-order chi connectivity index (χ0) is 33.7. The molecule has 4 aliphatic carbocycles. The summed E-state index contributed by atoms with van der Waals surface area (Å²) in [6, 6.07) is 0. The molecule has 0 N–H and O–H groups in total. The highest BCUT2D eigenvalue weighted by Crippen LogP contribution is 2.67. The van der Waals surface area contributed by atoms with Crippen molar-refractivity contribution in [1.82, 2.24) is 0 Å². The Morgan fingerprint density at radius 3 is 2.19 bits per heavy atom. The first-order valence-electron chi connectivity index (χ1n) is 21.2. The van der Waals surface area contributed by atoms with E-state index in [4.69, 9.17) is 4.74 Å². The Labute approximate surface area is 293 Å². The Hall–Kier alpha value is -1.05. The van der Waals surface area contributed by atoms with Crippen molar-refractivity contribution < 1.29 is 9.53 Å². The molecule has 1 unspecified atom stereocenters. The molecular formula is C45H78O2. The number of carbonyl (C=O) groups excluding carboxylic acids is 1. The molecule has 0 radical (unpaired) electrons. The summed E-state index contributed by atoms with van der Waals surface area (Å²) in [5.41, 5.74) is 2.53. The number of fused-ring (bicyclic) bond motifs is 5. The molecule has 0 spiro atoms. The summed E-state index contributed by atoms with van der Waals surface area (Å²) in [5, 5.41) is 0. The first kappa shape index (κ1) is 38.7. The van der Waals surface area contributed by atoms with Gasteiger partial charge in [0.2, 0.25) is 0 Å². The van der Waals surface area contributed by atoms with E-state index in [2.05, 4.69) is 59.8 Å². The average Bonchev–Trinajstić information content (AvgIpc) is 3.40. The first-order valence-corrected chi connectivity index (χ1v) is 21.2. The molecule has 4 aliphatic rings. The van der Waals surface area contributed by atoms with Crippen molar-refractivity contribution in [2.24, 2.45) is 46.3 Å². The van der Waals surface area contributed by atoms with Crippen LogP contribution < -0.4 is 0 Å². The fourth-order valence-electron chi connectivity index (χ4n) is 11.3. The third-order valence-corrected chi connectivity index (χ3v) is 14.2. The summed E-state index contributed by atoms with van der Waals surface area (Å²) in [5.74, 6) is 5.31. The van der Waals surface area contributed by atoms with Gasteiger partial charge in [0.05, 0.1) is 0 Å². The smallest absolute Gasteiger partial charge is 0.306 e. The third-order valence-electron chi connectivity index (χ3n) is 14.2. The van der Waals surface area contributed by atoms with E-state index in [1.165, 1.54) is 128 Å². The van der Waals surface area contributed by atoms with Gasteiger partial charge in [-0.15, -0.1) is 0 Å². The first-order chi connectivity index (χ1) is 22.7. The van der Waals surface area contributed by atoms with E-state index >= 15 is 0 Å². The van der Waals surface area contributed by atoms with Crippen LogP contribution in [-0.2, 0) is 9.53 Å². The molecule has 3 saturated carbocycles. The highest BCUT2D eigenvalue weighted by molar-refractivity contribution is 5.69. The monoisotopic (exact) mass is 651 g/mol. The molecule has 0 aromatic carbocycles. The number of allylic oxidation sites excluding steroid dienone is 3. The molecule has 0 aromatic heterocycles. The quantitative estimate of drug-likeness (QED) is 0.0702. The molecule has 8 atom stereocenters. The molecule has 0 amide bonds. The molecule has 0 aromatic rings. The number of rotatable bonds is 21. The maximum absolute atomic E-state index is 12.8. The highest BCUT2D eigenvalue weighted by atomic mass is 16.5. The predicted molar refractivity (Wildman–Crippen MR) is 202 cm³/mol. The van der Waals surface area contributed by atoms with Gasteiger partial charge in [0.25, 0.3) is 0 Å². The second-order valence-corrected chi connectivity index (χ2v) is 18.0. The van der Waals surface area contributed by atoms with E-state index in [0.717, 1.165) is 61.2 Å². The molecule has 0 bridgehead atoms. The zero-order valence-corrected chi connectivity index (χ0v) is 32.3. The normalized spacial score (nSPS) is 32.6. The molecule has 4 rings (SSSR count). The lowest BCUT2D eigenvalue weighted by Crippen LogP contribution is -2.51. The number of unbranched alkanes of at least 4 members (excludes halogenated alkanes) is 11. The molecule has 0 saturated heterocycles. The fraction of sp³-hybridized carbons (Fsp3) is 0.889. The van der Waals surface area contributed by atoms with E-state index in [1.54, 1.807) is 5.57 Å². The van der Waals surface area contributed by atoms with Crippen LogP contribution in [0.5, 0.6) is 0 Å². The van der Waals surface area contributed by atoms with Gasteiger partial charge in [-0.05, 0) is 123 Å². The van der Waals surface area contributed by atoms with E-state index in [-0.39, 0.29) is 12.1 Å². The molecule has 2 nitrogen and oxygen atoms in total.